The number of hydrogen-bond donors (Lipinski definition) is 2. The van der Waals surface area contributed by atoms with Gasteiger partial charge in [0, 0.05) is 36.3 Å². The number of carboxylic acids is 1. The van der Waals surface area contributed by atoms with Gasteiger partial charge in [0.1, 0.15) is 5.54 Å². The molecule has 10 nitrogen and oxygen atoms in total. The van der Waals surface area contributed by atoms with Crippen LogP contribution in [0.15, 0.2) is 60.7 Å². The quantitative estimate of drug-likeness (QED) is 0.367. The number of benzene rings is 2. The van der Waals surface area contributed by atoms with Crippen molar-refractivity contribution in [1.29, 1.82) is 0 Å². The van der Waals surface area contributed by atoms with E-state index in [1.54, 1.807) is 38.0 Å². The number of methoxy groups -OCH3 is 1. The molecule has 2 atom stereocenters. The number of aromatic nitrogens is 2. The smallest absolute Gasteiger partial charge is 0.347 e. The predicted octanol–water partition coefficient (Wildman–Crippen LogP) is 2.47. The number of aryl methyl sites for hydroxylation is 2. The molecule has 0 aliphatic carbocycles. The monoisotopic (exact) mass is 520 g/mol. The van der Waals surface area contributed by atoms with E-state index >= 15 is 0 Å². The highest BCUT2D eigenvalue weighted by Crippen LogP contribution is 2.42. The van der Waals surface area contributed by atoms with Crippen LogP contribution in [0.25, 0.3) is 0 Å². The summed E-state index contributed by atoms with van der Waals surface area (Å²) in [5, 5.41) is 13.8. The van der Waals surface area contributed by atoms with Crippen LogP contribution in [0.5, 0.6) is 6.01 Å². The number of aliphatic carboxylic acids is 1. The van der Waals surface area contributed by atoms with E-state index in [1.807, 2.05) is 48.5 Å². The van der Waals surface area contributed by atoms with Crippen molar-refractivity contribution in [2.75, 3.05) is 44.9 Å². The third-order valence-corrected chi connectivity index (χ3v) is 6.36. The first-order chi connectivity index (χ1) is 18.4. The lowest BCUT2D eigenvalue weighted by Gasteiger charge is -2.39. The first kappa shape index (κ1) is 27.2. The van der Waals surface area contributed by atoms with Crippen LogP contribution in [0, 0.1) is 13.8 Å². The average molecular weight is 521 g/mol. The largest absolute Gasteiger partial charge is 0.478 e. The molecule has 1 aromatic heterocycles. The van der Waals surface area contributed by atoms with Crippen molar-refractivity contribution in [2.24, 2.45) is 0 Å². The molecule has 10 heteroatoms. The van der Waals surface area contributed by atoms with Crippen LogP contribution in [0.2, 0.25) is 0 Å². The van der Waals surface area contributed by atoms with Crippen LogP contribution < -0.4 is 15.0 Å². The average Bonchev–Trinajstić information content (AvgIpc) is 3.02. The molecule has 1 aliphatic rings. The van der Waals surface area contributed by atoms with Crippen LogP contribution >= 0.6 is 0 Å². The van der Waals surface area contributed by atoms with Gasteiger partial charge in [-0.1, -0.05) is 48.5 Å². The fourth-order valence-electron chi connectivity index (χ4n) is 4.75. The Kier molecular flexibility index (Phi) is 8.67. The second-order valence-corrected chi connectivity index (χ2v) is 8.96. The lowest BCUT2D eigenvalue weighted by Crippen LogP contribution is -2.58. The highest BCUT2D eigenvalue weighted by molar-refractivity contribution is 5.97. The topological polar surface area (TPSA) is 123 Å². The molecule has 2 heterocycles. The van der Waals surface area contributed by atoms with Crippen molar-refractivity contribution in [3.8, 4) is 6.01 Å². The Balaban J connectivity index is 1.85. The summed E-state index contributed by atoms with van der Waals surface area (Å²) in [6, 6.07) is 18.1. The molecular weight excluding hydrogens is 488 g/mol. The third kappa shape index (κ3) is 5.67. The van der Waals surface area contributed by atoms with Gasteiger partial charge in [-0.2, -0.15) is 0 Å². The van der Waals surface area contributed by atoms with Crippen molar-refractivity contribution in [2.45, 2.75) is 25.5 Å². The van der Waals surface area contributed by atoms with Crippen LogP contribution in [-0.4, -0.2) is 73.1 Å². The number of anilines is 1. The van der Waals surface area contributed by atoms with Crippen LogP contribution in [0.3, 0.4) is 0 Å². The predicted molar refractivity (Wildman–Crippen MR) is 140 cm³/mol. The molecule has 1 aliphatic heterocycles. The van der Waals surface area contributed by atoms with Crippen molar-refractivity contribution >= 4 is 17.6 Å². The molecule has 0 spiro atoms. The van der Waals surface area contributed by atoms with Crippen LogP contribution in [0.1, 0.15) is 22.5 Å². The molecule has 0 saturated carbocycles. The molecule has 1 amide bonds. The number of fused-ring (bicyclic) bond motifs is 1. The second-order valence-electron chi connectivity index (χ2n) is 8.96. The molecule has 0 fully saturated rings. The zero-order valence-electron chi connectivity index (χ0n) is 21.7. The summed E-state index contributed by atoms with van der Waals surface area (Å²) in [6.45, 7) is 4.85. The van der Waals surface area contributed by atoms with E-state index in [-0.39, 0.29) is 31.6 Å². The fraction of sp³-hybridized carbons (Fsp3) is 0.357. The van der Waals surface area contributed by atoms with Crippen molar-refractivity contribution < 1.29 is 28.9 Å². The Bertz CT molecular complexity index is 1250. The van der Waals surface area contributed by atoms with Gasteiger partial charge in [-0.25, -0.2) is 14.8 Å². The van der Waals surface area contributed by atoms with Gasteiger partial charge in [-0.15, -0.1) is 0 Å². The molecule has 2 N–H and O–H groups in total. The highest BCUT2D eigenvalue weighted by Gasteiger charge is 2.52. The maximum absolute atomic E-state index is 13.4. The van der Waals surface area contributed by atoms with E-state index < -0.39 is 17.6 Å². The number of hydrogen-bond acceptors (Lipinski definition) is 8. The van der Waals surface area contributed by atoms with E-state index in [1.165, 1.54) is 0 Å². The summed E-state index contributed by atoms with van der Waals surface area (Å²) in [7, 11) is 1.59. The van der Waals surface area contributed by atoms with Gasteiger partial charge in [0.2, 0.25) is 12.0 Å². The van der Waals surface area contributed by atoms with Crippen molar-refractivity contribution in [1.82, 2.24) is 15.3 Å². The minimum atomic E-state index is -1.52. The Labute approximate surface area is 221 Å². The molecule has 38 heavy (non-hydrogen) atoms. The Morgan fingerprint density at radius 2 is 1.74 bits per heavy atom. The third-order valence-electron chi connectivity index (χ3n) is 6.36. The maximum Gasteiger partial charge on any atom is 0.347 e. The zero-order chi connectivity index (χ0) is 27.1. The van der Waals surface area contributed by atoms with Gasteiger partial charge in [0.25, 0.3) is 0 Å². The van der Waals surface area contributed by atoms with Crippen molar-refractivity contribution in [3.63, 3.8) is 0 Å². The summed E-state index contributed by atoms with van der Waals surface area (Å²) in [5.41, 5.74) is 1.61. The maximum atomic E-state index is 13.4. The van der Waals surface area contributed by atoms with Crippen molar-refractivity contribution in [3.05, 3.63) is 83.2 Å². The standard InChI is InChI=1S/C28H32N4O6/c1-19-17-20(2)31-27(30-19)38-25(26(34)35)28(21-9-5-4-6-10-21)22-11-7-8-12-23(22)32(24(33)18-29-28)13-14-37-16-15-36-3/h4-12,17,25,29H,13-16,18H2,1-3H3,(H,34,35)/t25-,28+/m1/s1. The number of carboxylic acid groups (broad SMARTS) is 1. The first-order valence-electron chi connectivity index (χ1n) is 12.4. The molecule has 200 valence electrons. The number of amides is 1. The Morgan fingerprint density at radius 3 is 2.42 bits per heavy atom. The fourth-order valence-corrected chi connectivity index (χ4v) is 4.75. The van der Waals surface area contributed by atoms with Gasteiger partial charge in [0.15, 0.2) is 0 Å². The van der Waals surface area contributed by atoms with Gasteiger partial charge >= 0.3 is 12.0 Å². The van der Waals surface area contributed by atoms with Gasteiger partial charge in [-0.05, 0) is 31.5 Å². The van der Waals surface area contributed by atoms with Gasteiger partial charge in [0.05, 0.1) is 26.4 Å². The lowest BCUT2D eigenvalue weighted by atomic mass is 9.77. The molecule has 4 rings (SSSR count). The Morgan fingerprint density at radius 1 is 1.05 bits per heavy atom. The number of rotatable bonds is 11. The molecule has 0 saturated heterocycles. The number of carbonyl (C=O) groups is 2. The van der Waals surface area contributed by atoms with E-state index in [2.05, 4.69) is 15.3 Å². The number of nitrogens with one attached hydrogen (secondary N) is 1. The number of para-hydroxylation sites is 1. The van der Waals surface area contributed by atoms with E-state index in [9.17, 15) is 14.7 Å². The minimum Gasteiger partial charge on any atom is -0.478 e. The number of ether oxygens (including phenoxy) is 3. The molecule has 2 aromatic carbocycles. The van der Waals surface area contributed by atoms with E-state index in [0.717, 1.165) is 0 Å². The minimum absolute atomic E-state index is 0.0524. The van der Waals surface area contributed by atoms with E-state index in [0.29, 0.717) is 41.4 Å². The summed E-state index contributed by atoms with van der Waals surface area (Å²) < 4.78 is 16.7. The molecule has 3 aromatic rings. The van der Waals surface area contributed by atoms with Gasteiger partial charge in [-0.3, -0.25) is 10.1 Å². The normalized spacial score (nSPS) is 18.0. The van der Waals surface area contributed by atoms with Crippen LogP contribution in [0.4, 0.5) is 5.69 Å². The number of nitrogens with zero attached hydrogens (tertiary/aromatic N) is 3. The Hall–Kier alpha value is -3.86. The summed E-state index contributed by atoms with van der Waals surface area (Å²) in [5.74, 6) is -1.46. The zero-order valence-corrected chi connectivity index (χ0v) is 21.7. The summed E-state index contributed by atoms with van der Waals surface area (Å²) in [4.78, 5) is 36.6. The second kappa shape index (κ2) is 12.1. The SMILES string of the molecule is COCCOCCN1C(=O)CN[C@](c2ccccc2)([C@H](Oc2nc(C)cc(C)n2)C(=O)O)c2ccccc21. The molecular formula is C28H32N4O6. The summed E-state index contributed by atoms with van der Waals surface area (Å²) >= 11 is 0. The lowest BCUT2D eigenvalue weighted by molar-refractivity contribution is -0.149. The molecule has 0 unspecified atom stereocenters. The van der Waals surface area contributed by atoms with Gasteiger partial charge < -0.3 is 24.2 Å². The van der Waals surface area contributed by atoms with Crippen LogP contribution in [-0.2, 0) is 24.6 Å². The summed E-state index contributed by atoms with van der Waals surface area (Å²) in [6.07, 6.45) is -1.52. The highest BCUT2D eigenvalue weighted by atomic mass is 16.5. The first-order valence-corrected chi connectivity index (χ1v) is 12.4. The van der Waals surface area contributed by atoms with E-state index in [4.69, 9.17) is 14.2 Å². The molecule has 0 radical (unpaired) electrons. The molecule has 0 bridgehead atoms. The number of carbonyl (C=O) groups excluding carboxylic acids is 1.